The first-order valence-electron chi connectivity index (χ1n) is 5.82. The van der Waals surface area contributed by atoms with E-state index in [1.165, 1.54) is 0 Å². The molecule has 1 aromatic carbocycles. The maximum absolute atomic E-state index is 12.3. The topological polar surface area (TPSA) is 27.7 Å². The van der Waals surface area contributed by atoms with Crippen LogP contribution in [0.5, 0.6) is 0 Å². The predicted octanol–water partition coefficient (Wildman–Crippen LogP) is 1.89. The molecule has 0 saturated carbocycles. The van der Waals surface area contributed by atoms with E-state index < -0.39 is 15.5 Å². The summed E-state index contributed by atoms with van der Waals surface area (Å²) >= 11 is 0. The molecule has 0 spiro atoms. The molecule has 0 aliphatic rings. The van der Waals surface area contributed by atoms with Crippen molar-refractivity contribution < 1.29 is 17.7 Å². The van der Waals surface area contributed by atoms with Crippen LogP contribution in [-0.2, 0) is 13.3 Å². The van der Waals surface area contributed by atoms with Crippen molar-refractivity contribution in [3.8, 4) is 0 Å². The lowest BCUT2D eigenvalue weighted by Gasteiger charge is -2.28. The van der Waals surface area contributed by atoms with Crippen molar-refractivity contribution in [2.75, 3.05) is 26.5 Å². The highest BCUT2D eigenvalue weighted by Gasteiger charge is 2.43. The van der Waals surface area contributed by atoms with Crippen LogP contribution in [0.15, 0.2) is 30.3 Å². The highest BCUT2D eigenvalue weighted by molar-refractivity contribution is 6.75. The Morgan fingerprint density at radius 3 is 2.06 bits per heavy atom. The minimum atomic E-state index is -2.93. The van der Waals surface area contributed by atoms with Crippen molar-refractivity contribution >= 4 is 14.0 Å². The maximum atomic E-state index is 12.3. The molecule has 0 aliphatic heterocycles. The second-order valence-corrected chi connectivity index (χ2v) is 5.88. The van der Waals surface area contributed by atoms with Gasteiger partial charge in [-0.05, 0) is 13.8 Å². The molecule has 0 atom stereocenters. The molecular formula is C12H19FO3Si. The fraction of sp³-hybridized carbons (Fsp3) is 0.500. The Kier molecular flexibility index (Phi) is 6.35. The van der Waals surface area contributed by atoms with E-state index in [-0.39, 0.29) is 6.61 Å². The Hall–Kier alpha value is -0.753. The third-order valence-electron chi connectivity index (χ3n) is 2.17. The van der Waals surface area contributed by atoms with Gasteiger partial charge in [0.25, 0.3) is 0 Å². The summed E-state index contributed by atoms with van der Waals surface area (Å²) in [4.78, 5) is 0. The molecular weight excluding hydrogens is 239 g/mol. The van der Waals surface area contributed by atoms with E-state index in [0.717, 1.165) is 5.19 Å². The number of alkyl halides is 1. The maximum Gasteiger partial charge on any atom is 0.537 e. The van der Waals surface area contributed by atoms with E-state index in [4.69, 9.17) is 13.3 Å². The average Bonchev–Trinajstić information content (AvgIpc) is 2.37. The summed E-state index contributed by atoms with van der Waals surface area (Å²) in [7, 11) is -2.93. The van der Waals surface area contributed by atoms with Crippen LogP contribution in [0.2, 0.25) is 0 Å². The first-order chi connectivity index (χ1) is 8.29. The number of hydrogen-bond acceptors (Lipinski definition) is 3. The number of rotatable bonds is 8. The SMILES string of the molecule is CCO[Si](OCC)(OCCF)c1ccccc1. The zero-order valence-corrected chi connectivity index (χ0v) is 11.3. The number of hydrogen-bond donors (Lipinski definition) is 0. The van der Waals surface area contributed by atoms with Crippen LogP contribution in [0.25, 0.3) is 0 Å². The highest BCUT2D eigenvalue weighted by Crippen LogP contribution is 2.10. The van der Waals surface area contributed by atoms with Crippen LogP contribution in [0.3, 0.4) is 0 Å². The van der Waals surface area contributed by atoms with Crippen molar-refractivity contribution in [2.45, 2.75) is 13.8 Å². The second kappa shape index (κ2) is 7.55. The lowest BCUT2D eigenvalue weighted by molar-refractivity contribution is 0.0762. The van der Waals surface area contributed by atoms with E-state index >= 15 is 0 Å². The van der Waals surface area contributed by atoms with Crippen LogP contribution in [0.4, 0.5) is 4.39 Å². The summed E-state index contributed by atoms with van der Waals surface area (Å²) in [6, 6.07) is 9.50. The first kappa shape index (κ1) is 14.3. The highest BCUT2D eigenvalue weighted by atomic mass is 28.4. The third kappa shape index (κ3) is 3.88. The van der Waals surface area contributed by atoms with Crippen LogP contribution in [0.1, 0.15) is 13.8 Å². The fourth-order valence-electron chi connectivity index (χ4n) is 1.57. The van der Waals surface area contributed by atoms with Crippen molar-refractivity contribution in [1.29, 1.82) is 0 Å². The Balaban J connectivity index is 2.95. The van der Waals surface area contributed by atoms with Gasteiger partial charge in [0, 0.05) is 18.4 Å². The molecule has 17 heavy (non-hydrogen) atoms. The zero-order valence-electron chi connectivity index (χ0n) is 10.3. The van der Waals surface area contributed by atoms with Gasteiger partial charge in [-0.2, -0.15) is 0 Å². The Bertz CT molecular complexity index is 302. The van der Waals surface area contributed by atoms with E-state index in [0.29, 0.717) is 13.2 Å². The molecule has 0 aliphatic carbocycles. The van der Waals surface area contributed by atoms with Crippen LogP contribution in [0, 0.1) is 0 Å². The van der Waals surface area contributed by atoms with Crippen LogP contribution < -0.4 is 5.19 Å². The molecule has 0 unspecified atom stereocenters. The second-order valence-electron chi connectivity index (χ2n) is 3.33. The molecule has 1 rings (SSSR count). The van der Waals surface area contributed by atoms with E-state index in [2.05, 4.69) is 0 Å². The van der Waals surface area contributed by atoms with E-state index in [1.54, 1.807) is 0 Å². The standard InChI is InChI=1S/C12H19FO3Si/c1-3-14-17(15-4-2,16-11-10-13)12-8-6-5-7-9-12/h5-9H,3-4,10-11H2,1-2H3. The van der Waals surface area contributed by atoms with Crippen molar-refractivity contribution in [3.63, 3.8) is 0 Å². The largest absolute Gasteiger partial charge is 0.537 e. The monoisotopic (exact) mass is 258 g/mol. The van der Waals surface area contributed by atoms with Crippen molar-refractivity contribution in [3.05, 3.63) is 30.3 Å². The average molecular weight is 258 g/mol. The molecule has 0 saturated heterocycles. The smallest absolute Gasteiger partial charge is 0.370 e. The lowest BCUT2D eigenvalue weighted by Crippen LogP contribution is -2.57. The number of halogens is 1. The van der Waals surface area contributed by atoms with Crippen LogP contribution in [-0.4, -0.2) is 35.3 Å². The zero-order chi connectivity index (χ0) is 12.6. The van der Waals surface area contributed by atoms with Gasteiger partial charge in [0.2, 0.25) is 0 Å². The van der Waals surface area contributed by atoms with Crippen molar-refractivity contribution in [2.24, 2.45) is 0 Å². The molecule has 0 aromatic heterocycles. The van der Waals surface area contributed by atoms with Gasteiger partial charge in [-0.25, -0.2) is 4.39 Å². The normalized spacial score (nSPS) is 11.7. The van der Waals surface area contributed by atoms with Gasteiger partial charge in [0.05, 0.1) is 6.61 Å². The molecule has 0 bridgehead atoms. The minimum absolute atomic E-state index is 0.00111. The summed E-state index contributed by atoms with van der Waals surface area (Å²) in [5, 5.41) is 0.872. The Morgan fingerprint density at radius 2 is 1.59 bits per heavy atom. The summed E-state index contributed by atoms with van der Waals surface area (Å²) in [6.07, 6.45) is 0. The van der Waals surface area contributed by atoms with Gasteiger partial charge in [-0.3, -0.25) is 0 Å². The van der Waals surface area contributed by atoms with E-state index in [1.807, 2.05) is 44.2 Å². The third-order valence-corrected chi connectivity index (χ3v) is 5.13. The summed E-state index contributed by atoms with van der Waals surface area (Å²) < 4.78 is 29.2. The summed E-state index contributed by atoms with van der Waals surface area (Å²) in [5.41, 5.74) is 0. The summed E-state index contributed by atoms with van der Waals surface area (Å²) in [5.74, 6) is 0. The molecule has 0 fully saturated rings. The van der Waals surface area contributed by atoms with Crippen molar-refractivity contribution in [1.82, 2.24) is 0 Å². The molecule has 96 valence electrons. The van der Waals surface area contributed by atoms with Gasteiger partial charge < -0.3 is 13.3 Å². The molecule has 0 N–H and O–H groups in total. The van der Waals surface area contributed by atoms with Gasteiger partial charge in [0.1, 0.15) is 6.67 Å². The molecule has 0 radical (unpaired) electrons. The van der Waals surface area contributed by atoms with Gasteiger partial charge in [-0.1, -0.05) is 30.3 Å². The molecule has 0 heterocycles. The van der Waals surface area contributed by atoms with Gasteiger partial charge in [-0.15, -0.1) is 0 Å². The lowest BCUT2D eigenvalue weighted by atomic mass is 10.4. The minimum Gasteiger partial charge on any atom is -0.370 e. The Morgan fingerprint density at radius 1 is 1.00 bits per heavy atom. The summed E-state index contributed by atoms with van der Waals surface area (Å²) in [6.45, 7) is 4.18. The predicted molar refractivity (Wildman–Crippen MR) is 67.0 cm³/mol. The van der Waals surface area contributed by atoms with Gasteiger partial charge in [0.15, 0.2) is 0 Å². The quantitative estimate of drug-likeness (QED) is 0.667. The molecule has 5 heteroatoms. The van der Waals surface area contributed by atoms with E-state index in [9.17, 15) is 4.39 Å². The molecule has 3 nitrogen and oxygen atoms in total. The first-order valence-corrected chi connectivity index (χ1v) is 7.55. The fourth-order valence-corrected chi connectivity index (χ4v) is 4.03. The van der Waals surface area contributed by atoms with Gasteiger partial charge >= 0.3 is 8.80 Å². The Labute approximate surface area is 103 Å². The number of benzene rings is 1. The van der Waals surface area contributed by atoms with Crippen LogP contribution >= 0.6 is 0 Å². The molecule has 1 aromatic rings. The molecule has 0 amide bonds.